The van der Waals surface area contributed by atoms with Crippen LogP contribution in [0.1, 0.15) is 25.8 Å². The van der Waals surface area contributed by atoms with Crippen molar-refractivity contribution in [1.29, 1.82) is 10.7 Å². The van der Waals surface area contributed by atoms with Crippen LogP contribution in [0.5, 0.6) is 0 Å². The van der Waals surface area contributed by atoms with Gasteiger partial charge in [0.1, 0.15) is 17.6 Å². The summed E-state index contributed by atoms with van der Waals surface area (Å²) in [7, 11) is 0. The van der Waals surface area contributed by atoms with Gasteiger partial charge >= 0.3 is 5.97 Å². The summed E-state index contributed by atoms with van der Waals surface area (Å²) in [6.07, 6.45) is 1.89. The van der Waals surface area contributed by atoms with E-state index < -0.39 is 17.7 Å². The van der Waals surface area contributed by atoms with Crippen molar-refractivity contribution in [1.82, 2.24) is 4.98 Å². The van der Waals surface area contributed by atoms with Crippen LogP contribution in [0.3, 0.4) is 0 Å². The first-order valence-corrected chi connectivity index (χ1v) is 11.3. The van der Waals surface area contributed by atoms with Crippen molar-refractivity contribution < 1.29 is 14.3 Å². The first-order chi connectivity index (χ1) is 16.2. The molecule has 0 fully saturated rings. The maximum Gasteiger partial charge on any atom is 0.349 e. The molecule has 176 valence electrons. The number of aliphatic carboxylic acids is 1. The Morgan fingerprint density at radius 2 is 2.03 bits per heavy atom. The predicted molar refractivity (Wildman–Crippen MR) is 133 cm³/mol. The minimum Gasteiger partial charge on any atom is -0.477 e. The molecule has 34 heavy (non-hydrogen) atoms. The van der Waals surface area contributed by atoms with Gasteiger partial charge in [-0.3, -0.25) is 10.4 Å². The van der Waals surface area contributed by atoms with E-state index in [4.69, 9.17) is 28.6 Å². The number of aromatic nitrogens is 1. The van der Waals surface area contributed by atoms with Crippen molar-refractivity contribution in [3.8, 4) is 6.07 Å². The number of anilines is 3. The molecular formula is C24H22Cl2FN5O2. The van der Waals surface area contributed by atoms with E-state index in [0.717, 1.165) is 0 Å². The van der Waals surface area contributed by atoms with Crippen LogP contribution in [0.15, 0.2) is 36.5 Å². The third-order valence-corrected chi connectivity index (χ3v) is 6.12. The number of carbonyl (C=O) groups is 1. The minimum absolute atomic E-state index is 0.0655. The van der Waals surface area contributed by atoms with E-state index >= 15 is 0 Å². The number of benzene rings is 2. The number of halogens is 3. The van der Waals surface area contributed by atoms with E-state index in [-0.39, 0.29) is 16.3 Å². The molecule has 1 atom stereocenters. The lowest BCUT2D eigenvalue weighted by molar-refractivity contribution is -0.129. The molecule has 0 bridgehead atoms. The molecule has 0 spiro atoms. The molecule has 0 amide bonds. The first kappa shape index (κ1) is 25.2. The Morgan fingerprint density at radius 1 is 1.29 bits per heavy atom. The fraction of sp³-hybridized carbons (Fsp3) is 0.250. The number of nitriles is 1. The SMILES string of the molecule is CCC(CN(CC)c1cc(Cl)c2ncc(C#N)c(Nc3ccc(F)c(Cl)c3)c2c1)C(=N)C(=O)O. The Bertz CT molecular complexity index is 1310. The zero-order valence-electron chi connectivity index (χ0n) is 18.5. The van der Waals surface area contributed by atoms with Crippen molar-refractivity contribution in [2.45, 2.75) is 20.3 Å². The van der Waals surface area contributed by atoms with E-state index in [9.17, 15) is 19.6 Å². The number of pyridine rings is 1. The molecule has 3 N–H and O–H groups in total. The molecule has 0 saturated carbocycles. The minimum atomic E-state index is -1.24. The second-order valence-electron chi connectivity index (χ2n) is 7.60. The zero-order chi connectivity index (χ0) is 25.0. The van der Waals surface area contributed by atoms with Crippen LogP contribution in [-0.2, 0) is 4.79 Å². The average Bonchev–Trinajstić information content (AvgIpc) is 2.82. The highest BCUT2D eigenvalue weighted by Gasteiger charge is 2.23. The third-order valence-electron chi connectivity index (χ3n) is 5.54. The topological polar surface area (TPSA) is 113 Å². The number of rotatable bonds is 9. The highest BCUT2D eigenvalue weighted by molar-refractivity contribution is 6.36. The van der Waals surface area contributed by atoms with Gasteiger partial charge < -0.3 is 15.3 Å². The Morgan fingerprint density at radius 3 is 2.62 bits per heavy atom. The molecule has 0 saturated heterocycles. The maximum atomic E-state index is 13.6. The Hall–Kier alpha value is -3.41. The van der Waals surface area contributed by atoms with E-state index in [1.165, 1.54) is 24.4 Å². The van der Waals surface area contributed by atoms with Gasteiger partial charge in [-0.15, -0.1) is 0 Å². The van der Waals surface area contributed by atoms with Gasteiger partial charge in [-0.1, -0.05) is 30.1 Å². The average molecular weight is 502 g/mol. The zero-order valence-corrected chi connectivity index (χ0v) is 20.0. The summed E-state index contributed by atoms with van der Waals surface area (Å²) in [5.74, 6) is -2.28. The molecule has 1 heterocycles. The van der Waals surface area contributed by atoms with Crippen LogP contribution in [0.4, 0.5) is 21.5 Å². The highest BCUT2D eigenvalue weighted by Crippen LogP contribution is 2.36. The second-order valence-corrected chi connectivity index (χ2v) is 8.41. The standard InChI is InChI=1S/C24H22Cl2FN5O2/c1-3-13(21(29)24(33)34)12-32(4-2)16-8-17-22(31-15-5-6-20(27)18(25)7-15)14(10-28)11-30-23(17)19(26)9-16/h5-9,11,13,29H,3-4,12H2,1-2H3,(H,30,31)(H,33,34). The van der Waals surface area contributed by atoms with Crippen molar-refractivity contribution in [2.24, 2.45) is 5.92 Å². The lowest BCUT2D eigenvalue weighted by Crippen LogP contribution is -2.35. The maximum absolute atomic E-state index is 13.6. The Labute approximate surface area is 206 Å². The number of hydrogen-bond donors (Lipinski definition) is 3. The van der Waals surface area contributed by atoms with E-state index in [2.05, 4.69) is 16.4 Å². The van der Waals surface area contributed by atoms with Crippen LogP contribution in [0.25, 0.3) is 10.9 Å². The molecule has 1 unspecified atom stereocenters. The Balaban J connectivity index is 2.12. The second kappa shape index (κ2) is 10.7. The first-order valence-electron chi connectivity index (χ1n) is 10.5. The van der Waals surface area contributed by atoms with Gasteiger partial charge in [0.05, 0.1) is 26.8 Å². The van der Waals surface area contributed by atoms with E-state index in [1.54, 1.807) is 6.07 Å². The van der Waals surface area contributed by atoms with Crippen LogP contribution < -0.4 is 10.2 Å². The summed E-state index contributed by atoms with van der Waals surface area (Å²) in [4.78, 5) is 17.6. The lowest BCUT2D eigenvalue weighted by Gasteiger charge is -2.28. The fourth-order valence-corrected chi connectivity index (χ4v) is 4.09. The number of carboxylic acids is 1. The quantitative estimate of drug-likeness (QED) is 0.298. The van der Waals surface area contributed by atoms with Gasteiger partial charge in [-0.25, -0.2) is 9.18 Å². The molecule has 0 radical (unpaired) electrons. The van der Waals surface area contributed by atoms with Crippen molar-refractivity contribution in [2.75, 3.05) is 23.3 Å². The highest BCUT2D eigenvalue weighted by atomic mass is 35.5. The van der Waals surface area contributed by atoms with Crippen molar-refractivity contribution in [3.63, 3.8) is 0 Å². The molecule has 1 aromatic heterocycles. The molecule has 3 rings (SSSR count). The largest absolute Gasteiger partial charge is 0.477 e. The van der Waals surface area contributed by atoms with Gasteiger partial charge in [0.15, 0.2) is 0 Å². The molecule has 0 aliphatic heterocycles. The molecule has 3 aromatic rings. The molecule has 7 nitrogen and oxygen atoms in total. The number of nitrogens with one attached hydrogen (secondary N) is 2. The van der Waals surface area contributed by atoms with Gasteiger partial charge in [-0.05, 0) is 43.7 Å². The third kappa shape index (κ3) is 5.22. The number of nitrogens with zero attached hydrogens (tertiary/aromatic N) is 3. The van der Waals surface area contributed by atoms with E-state index in [0.29, 0.717) is 52.5 Å². The van der Waals surface area contributed by atoms with Crippen molar-refractivity contribution in [3.05, 3.63) is 58.0 Å². The molecule has 2 aromatic carbocycles. The summed E-state index contributed by atoms with van der Waals surface area (Å²) >= 11 is 12.5. The van der Waals surface area contributed by atoms with Crippen LogP contribution >= 0.6 is 23.2 Å². The summed E-state index contributed by atoms with van der Waals surface area (Å²) in [5, 5.41) is 30.8. The van der Waals surface area contributed by atoms with Crippen LogP contribution in [0.2, 0.25) is 10.0 Å². The summed E-state index contributed by atoms with van der Waals surface area (Å²) in [6.45, 7) is 4.59. The summed E-state index contributed by atoms with van der Waals surface area (Å²) in [6, 6.07) is 9.77. The van der Waals surface area contributed by atoms with Gasteiger partial charge in [-0.2, -0.15) is 5.26 Å². The summed E-state index contributed by atoms with van der Waals surface area (Å²) < 4.78 is 13.6. The van der Waals surface area contributed by atoms with Crippen molar-refractivity contribution >= 4 is 62.8 Å². The normalized spacial score (nSPS) is 11.6. The van der Waals surface area contributed by atoms with Crippen LogP contribution in [-0.4, -0.2) is 34.9 Å². The van der Waals surface area contributed by atoms with Gasteiger partial charge in [0.25, 0.3) is 0 Å². The monoisotopic (exact) mass is 501 g/mol. The number of fused-ring (bicyclic) bond motifs is 1. The fourth-order valence-electron chi connectivity index (χ4n) is 3.65. The molecule has 10 heteroatoms. The lowest BCUT2D eigenvalue weighted by atomic mass is 9.99. The van der Waals surface area contributed by atoms with Gasteiger partial charge in [0.2, 0.25) is 0 Å². The summed E-state index contributed by atoms with van der Waals surface area (Å²) in [5.41, 5.74) is 1.96. The van der Waals surface area contributed by atoms with E-state index in [1.807, 2.05) is 24.8 Å². The predicted octanol–water partition coefficient (Wildman–Crippen LogP) is 6.25. The number of hydrogen-bond acceptors (Lipinski definition) is 6. The molecular weight excluding hydrogens is 480 g/mol. The number of carboxylic acid groups (broad SMARTS) is 1. The van der Waals surface area contributed by atoms with Crippen LogP contribution in [0, 0.1) is 28.5 Å². The molecule has 0 aliphatic carbocycles. The van der Waals surface area contributed by atoms with Gasteiger partial charge in [0, 0.05) is 42.0 Å². The Kier molecular flexibility index (Phi) is 7.92. The smallest absolute Gasteiger partial charge is 0.349 e. The molecule has 0 aliphatic rings.